The summed E-state index contributed by atoms with van der Waals surface area (Å²) in [6.45, 7) is 4.34. The Bertz CT molecular complexity index is 370. The molecule has 0 unspecified atom stereocenters. The van der Waals surface area contributed by atoms with Crippen LogP contribution in [-0.2, 0) is 0 Å². The maximum absolute atomic E-state index is 4.55. The zero-order valence-electron chi connectivity index (χ0n) is 10.0. The summed E-state index contributed by atoms with van der Waals surface area (Å²) in [5.41, 5.74) is 1.29. The van der Waals surface area contributed by atoms with Gasteiger partial charge in [-0.2, -0.15) is 0 Å². The van der Waals surface area contributed by atoms with Crippen LogP contribution in [0.1, 0.15) is 44.7 Å². The van der Waals surface area contributed by atoms with Crippen LogP contribution in [0.5, 0.6) is 0 Å². The predicted octanol–water partition coefficient (Wildman–Crippen LogP) is 4.29. The Hall–Kier alpha value is -0.570. The van der Waals surface area contributed by atoms with Crippen LogP contribution < -0.4 is 5.32 Å². The van der Waals surface area contributed by atoms with E-state index in [9.17, 15) is 0 Å². The van der Waals surface area contributed by atoms with Gasteiger partial charge in [-0.25, -0.2) is 4.98 Å². The highest BCUT2D eigenvalue weighted by Crippen LogP contribution is 2.31. The summed E-state index contributed by atoms with van der Waals surface area (Å²) >= 11 is 3.48. The maximum Gasteiger partial charge on any atom is 0.126 e. The van der Waals surface area contributed by atoms with Crippen LogP contribution in [0, 0.1) is 6.92 Å². The van der Waals surface area contributed by atoms with Crippen molar-refractivity contribution in [1.29, 1.82) is 0 Å². The topological polar surface area (TPSA) is 24.9 Å². The van der Waals surface area contributed by atoms with Crippen LogP contribution in [0.25, 0.3) is 0 Å². The highest BCUT2D eigenvalue weighted by molar-refractivity contribution is 9.10. The molecule has 1 aromatic rings. The van der Waals surface area contributed by atoms with E-state index in [1.165, 1.54) is 32.1 Å². The van der Waals surface area contributed by atoms with Gasteiger partial charge < -0.3 is 5.32 Å². The minimum atomic E-state index is 0.242. The summed E-state index contributed by atoms with van der Waals surface area (Å²) in [5, 5.41) is 3.59. The van der Waals surface area contributed by atoms with Gasteiger partial charge in [-0.05, 0) is 54.8 Å². The molecule has 16 heavy (non-hydrogen) atoms. The molecule has 3 heteroatoms. The normalized spacial score (nSPS) is 19.4. The summed E-state index contributed by atoms with van der Waals surface area (Å²) < 4.78 is 1.08. The molecule has 0 amide bonds. The average molecular weight is 283 g/mol. The third-order valence-corrected chi connectivity index (χ3v) is 4.25. The third kappa shape index (κ3) is 2.76. The average Bonchev–Trinajstić information content (AvgIpc) is 2.24. The zero-order valence-corrected chi connectivity index (χ0v) is 11.6. The van der Waals surface area contributed by atoms with Crippen molar-refractivity contribution in [3.8, 4) is 0 Å². The summed E-state index contributed by atoms with van der Waals surface area (Å²) in [6.07, 6.45) is 6.55. The van der Waals surface area contributed by atoms with Crippen molar-refractivity contribution in [3.63, 3.8) is 0 Å². The Morgan fingerprint density at radius 2 is 1.94 bits per heavy atom. The SMILES string of the molecule is Cc1nc(NC2(C)CCCCC2)ccc1Br. The molecule has 1 N–H and O–H groups in total. The van der Waals surface area contributed by atoms with Gasteiger partial charge in [-0.1, -0.05) is 19.3 Å². The number of aromatic nitrogens is 1. The van der Waals surface area contributed by atoms with Crippen LogP contribution in [0.15, 0.2) is 16.6 Å². The molecular formula is C13H19BrN2. The molecule has 1 fully saturated rings. The largest absolute Gasteiger partial charge is 0.365 e. The molecule has 1 aliphatic carbocycles. The van der Waals surface area contributed by atoms with E-state index in [2.05, 4.69) is 45.3 Å². The third-order valence-electron chi connectivity index (χ3n) is 3.41. The summed E-state index contributed by atoms with van der Waals surface area (Å²) in [6, 6.07) is 4.12. The van der Waals surface area contributed by atoms with Gasteiger partial charge in [0.05, 0.1) is 5.69 Å². The number of hydrogen-bond donors (Lipinski definition) is 1. The first-order chi connectivity index (χ1) is 7.59. The van der Waals surface area contributed by atoms with Gasteiger partial charge in [-0.3, -0.25) is 0 Å². The van der Waals surface area contributed by atoms with Crippen molar-refractivity contribution in [3.05, 3.63) is 22.3 Å². The monoisotopic (exact) mass is 282 g/mol. The molecule has 0 atom stereocenters. The standard InChI is InChI=1S/C13H19BrN2/c1-10-11(14)6-7-12(15-10)16-13(2)8-4-3-5-9-13/h6-7H,3-5,8-9H2,1-2H3,(H,15,16). The van der Waals surface area contributed by atoms with Crippen molar-refractivity contribution in [1.82, 2.24) is 4.98 Å². The van der Waals surface area contributed by atoms with Crippen LogP contribution >= 0.6 is 15.9 Å². The van der Waals surface area contributed by atoms with Crippen LogP contribution in [-0.4, -0.2) is 10.5 Å². The van der Waals surface area contributed by atoms with Gasteiger partial charge >= 0.3 is 0 Å². The molecule has 2 nitrogen and oxygen atoms in total. The summed E-state index contributed by atoms with van der Waals surface area (Å²) in [7, 11) is 0. The highest BCUT2D eigenvalue weighted by atomic mass is 79.9. The molecule has 0 aliphatic heterocycles. The first-order valence-electron chi connectivity index (χ1n) is 6.00. The van der Waals surface area contributed by atoms with Gasteiger partial charge in [-0.15, -0.1) is 0 Å². The smallest absolute Gasteiger partial charge is 0.126 e. The molecule has 0 bridgehead atoms. The lowest BCUT2D eigenvalue weighted by molar-refractivity contribution is 0.348. The van der Waals surface area contributed by atoms with Crippen molar-refractivity contribution in [2.75, 3.05) is 5.32 Å². The molecule has 0 saturated heterocycles. The number of halogens is 1. The fraction of sp³-hybridized carbons (Fsp3) is 0.615. The van der Waals surface area contributed by atoms with Crippen molar-refractivity contribution in [2.24, 2.45) is 0 Å². The fourth-order valence-electron chi connectivity index (χ4n) is 2.38. The lowest BCUT2D eigenvalue weighted by atomic mass is 9.83. The molecule has 0 spiro atoms. The Kier molecular flexibility index (Phi) is 3.53. The Morgan fingerprint density at radius 1 is 1.25 bits per heavy atom. The van der Waals surface area contributed by atoms with Crippen LogP contribution in [0.2, 0.25) is 0 Å². The Balaban J connectivity index is 2.10. The van der Waals surface area contributed by atoms with Gasteiger partial charge in [0.15, 0.2) is 0 Å². The quantitative estimate of drug-likeness (QED) is 0.876. The van der Waals surface area contributed by atoms with E-state index < -0.39 is 0 Å². The van der Waals surface area contributed by atoms with Gasteiger partial charge in [0, 0.05) is 10.0 Å². The van der Waals surface area contributed by atoms with E-state index in [1.807, 2.05) is 6.92 Å². The van der Waals surface area contributed by atoms with Crippen molar-refractivity contribution in [2.45, 2.75) is 51.5 Å². The minimum absolute atomic E-state index is 0.242. The van der Waals surface area contributed by atoms with E-state index in [0.717, 1.165) is 16.0 Å². The summed E-state index contributed by atoms with van der Waals surface area (Å²) in [5.74, 6) is 1.00. The zero-order chi connectivity index (χ0) is 11.6. The number of anilines is 1. The molecule has 0 radical (unpaired) electrons. The van der Waals surface area contributed by atoms with E-state index in [4.69, 9.17) is 0 Å². The number of pyridine rings is 1. The first-order valence-corrected chi connectivity index (χ1v) is 6.80. The molecule has 2 rings (SSSR count). The fourth-order valence-corrected chi connectivity index (χ4v) is 2.60. The molecular weight excluding hydrogens is 264 g/mol. The van der Waals surface area contributed by atoms with E-state index >= 15 is 0 Å². The molecule has 1 aliphatic rings. The molecule has 1 saturated carbocycles. The van der Waals surface area contributed by atoms with E-state index in [1.54, 1.807) is 0 Å². The van der Waals surface area contributed by atoms with E-state index in [-0.39, 0.29) is 5.54 Å². The molecule has 1 aromatic heterocycles. The molecule has 88 valence electrons. The second-order valence-corrected chi connectivity index (χ2v) is 5.86. The Labute approximate surface area is 106 Å². The van der Waals surface area contributed by atoms with Crippen LogP contribution in [0.4, 0.5) is 5.82 Å². The van der Waals surface area contributed by atoms with Crippen LogP contribution in [0.3, 0.4) is 0 Å². The van der Waals surface area contributed by atoms with E-state index in [0.29, 0.717) is 0 Å². The van der Waals surface area contributed by atoms with Crippen molar-refractivity contribution >= 4 is 21.7 Å². The number of nitrogens with zero attached hydrogens (tertiary/aromatic N) is 1. The number of nitrogens with one attached hydrogen (secondary N) is 1. The number of hydrogen-bond acceptors (Lipinski definition) is 2. The Morgan fingerprint density at radius 3 is 2.56 bits per heavy atom. The highest BCUT2D eigenvalue weighted by Gasteiger charge is 2.26. The second kappa shape index (κ2) is 4.74. The first kappa shape index (κ1) is 11.9. The van der Waals surface area contributed by atoms with Crippen molar-refractivity contribution < 1.29 is 0 Å². The second-order valence-electron chi connectivity index (χ2n) is 5.01. The molecule has 0 aromatic carbocycles. The lowest BCUT2D eigenvalue weighted by Gasteiger charge is -2.35. The minimum Gasteiger partial charge on any atom is -0.365 e. The van der Waals surface area contributed by atoms with Gasteiger partial charge in [0.25, 0.3) is 0 Å². The maximum atomic E-state index is 4.55. The lowest BCUT2D eigenvalue weighted by Crippen LogP contribution is -2.37. The van der Waals surface area contributed by atoms with Gasteiger partial charge in [0.1, 0.15) is 5.82 Å². The number of rotatable bonds is 2. The number of aryl methyl sites for hydroxylation is 1. The molecule has 1 heterocycles. The van der Waals surface area contributed by atoms with Gasteiger partial charge in [0.2, 0.25) is 0 Å². The summed E-state index contributed by atoms with van der Waals surface area (Å²) in [4.78, 5) is 4.55. The predicted molar refractivity (Wildman–Crippen MR) is 71.8 cm³/mol.